The number of anilines is 1. The van der Waals surface area contributed by atoms with Crippen molar-refractivity contribution in [3.8, 4) is 11.1 Å². The number of hydrogen-bond donors (Lipinski definition) is 1. The first-order valence-electron chi connectivity index (χ1n) is 8.10. The Kier molecular flexibility index (Phi) is 5.74. The van der Waals surface area contributed by atoms with Crippen LogP contribution in [0, 0.1) is 0 Å². The first-order chi connectivity index (χ1) is 12.9. The van der Waals surface area contributed by atoms with Crippen LogP contribution >= 0.6 is 11.6 Å². The third-order valence-electron chi connectivity index (χ3n) is 3.82. The van der Waals surface area contributed by atoms with Crippen molar-refractivity contribution in [2.45, 2.75) is 4.90 Å². The molecular weight excluding hydrogens is 382 g/mol. The number of hydrogen-bond acceptors (Lipinski definition) is 3. The van der Waals surface area contributed by atoms with Crippen LogP contribution in [0.15, 0.2) is 89.8 Å². The molecule has 0 aliphatic carbocycles. The first kappa shape index (κ1) is 18.9. The number of carbonyl (C=O) groups excluding carboxylic acids is 1. The molecule has 3 aromatic carbocycles. The van der Waals surface area contributed by atoms with Crippen LogP contribution in [0.4, 0.5) is 5.69 Å². The Morgan fingerprint density at radius 2 is 1.52 bits per heavy atom. The third-order valence-corrected chi connectivity index (χ3v) is 5.34. The monoisotopic (exact) mass is 397 g/mol. The normalized spacial score (nSPS) is 11.4. The third kappa shape index (κ3) is 5.06. The van der Waals surface area contributed by atoms with Gasteiger partial charge in [0.15, 0.2) is 0 Å². The van der Waals surface area contributed by atoms with E-state index in [9.17, 15) is 13.2 Å². The van der Waals surface area contributed by atoms with Gasteiger partial charge in [-0.1, -0.05) is 60.7 Å². The van der Waals surface area contributed by atoms with Crippen LogP contribution < -0.4 is 4.72 Å². The van der Waals surface area contributed by atoms with Crippen LogP contribution in [-0.4, -0.2) is 13.7 Å². The lowest BCUT2D eigenvalue weighted by molar-refractivity contribution is -0.107. The average Bonchev–Trinajstić information content (AvgIpc) is 2.67. The first-order valence-corrected chi connectivity index (χ1v) is 9.96. The van der Waals surface area contributed by atoms with Gasteiger partial charge in [-0.3, -0.25) is 9.52 Å². The Morgan fingerprint density at radius 1 is 0.852 bits per heavy atom. The zero-order chi connectivity index (χ0) is 19.3. The van der Waals surface area contributed by atoms with Crippen LogP contribution in [0.5, 0.6) is 0 Å². The maximum atomic E-state index is 12.6. The highest BCUT2D eigenvalue weighted by Gasteiger charge is 2.14. The summed E-state index contributed by atoms with van der Waals surface area (Å²) in [6.45, 7) is 0. The number of halogens is 1. The van der Waals surface area contributed by atoms with Crippen molar-refractivity contribution in [3.63, 3.8) is 0 Å². The predicted octanol–water partition coefficient (Wildman–Crippen LogP) is 4.93. The average molecular weight is 398 g/mol. The molecular formula is C21H16ClNO3S. The summed E-state index contributed by atoms with van der Waals surface area (Å²) in [7, 11) is -3.73. The fourth-order valence-corrected chi connectivity index (χ4v) is 3.65. The van der Waals surface area contributed by atoms with Gasteiger partial charge in [-0.2, -0.15) is 0 Å². The van der Waals surface area contributed by atoms with Gasteiger partial charge >= 0.3 is 0 Å². The fourth-order valence-electron chi connectivity index (χ4n) is 2.54. The number of rotatable bonds is 6. The van der Waals surface area contributed by atoms with Gasteiger partial charge in [0.1, 0.15) is 0 Å². The Balaban J connectivity index is 1.81. The summed E-state index contributed by atoms with van der Waals surface area (Å²) in [5.74, 6) is 0. The second-order valence-electron chi connectivity index (χ2n) is 5.76. The zero-order valence-corrected chi connectivity index (χ0v) is 15.7. The number of benzene rings is 3. The molecule has 1 N–H and O–H groups in total. The number of sulfonamides is 1. The molecule has 0 radical (unpaired) electrons. The summed E-state index contributed by atoms with van der Waals surface area (Å²) in [5.41, 5.74) is 3.00. The highest BCUT2D eigenvalue weighted by molar-refractivity contribution is 7.92. The van der Waals surface area contributed by atoms with E-state index in [1.54, 1.807) is 48.5 Å². The minimum atomic E-state index is -3.73. The minimum Gasteiger partial charge on any atom is -0.280 e. The molecule has 3 aromatic rings. The second-order valence-corrected chi connectivity index (χ2v) is 7.81. The van der Waals surface area contributed by atoms with Crippen molar-refractivity contribution < 1.29 is 13.2 Å². The molecule has 0 spiro atoms. The van der Waals surface area contributed by atoms with E-state index in [-0.39, 0.29) is 4.90 Å². The number of nitrogens with one attached hydrogen (secondary N) is 1. The fraction of sp³-hybridized carbons (Fsp3) is 0. The van der Waals surface area contributed by atoms with Crippen molar-refractivity contribution >= 4 is 38.6 Å². The van der Waals surface area contributed by atoms with Crippen LogP contribution in [-0.2, 0) is 14.8 Å². The standard InChI is InChI=1S/C21H16ClNO3S/c22-21(24)14-9-16-5-4-8-19(15-16)23-27(25,26)20-12-10-18(11-13-20)17-6-2-1-3-7-17/h1-15,23H. The molecule has 27 heavy (non-hydrogen) atoms. The summed E-state index contributed by atoms with van der Waals surface area (Å²) < 4.78 is 27.8. The Hall–Kier alpha value is -2.89. The predicted molar refractivity (Wildman–Crippen MR) is 109 cm³/mol. The van der Waals surface area contributed by atoms with E-state index in [1.165, 1.54) is 12.2 Å². The summed E-state index contributed by atoms with van der Waals surface area (Å²) in [5, 5.41) is -0.598. The van der Waals surface area contributed by atoms with Crippen LogP contribution in [0.25, 0.3) is 17.2 Å². The molecule has 6 heteroatoms. The largest absolute Gasteiger partial charge is 0.280 e. The van der Waals surface area contributed by atoms with Crippen LogP contribution in [0.3, 0.4) is 0 Å². The topological polar surface area (TPSA) is 63.2 Å². The van der Waals surface area contributed by atoms with Crippen molar-refractivity contribution in [1.82, 2.24) is 0 Å². The maximum Gasteiger partial charge on any atom is 0.261 e. The molecule has 0 unspecified atom stereocenters. The summed E-state index contributed by atoms with van der Waals surface area (Å²) in [6, 6.07) is 23.1. The second kappa shape index (κ2) is 8.20. The van der Waals surface area contributed by atoms with Gasteiger partial charge in [0, 0.05) is 5.69 Å². The smallest absolute Gasteiger partial charge is 0.261 e. The van der Waals surface area contributed by atoms with Gasteiger partial charge in [-0.15, -0.1) is 0 Å². The molecule has 4 nitrogen and oxygen atoms in total. The molecule has 0 aromatic heterocycles. The molecule has 0 fully saturated rings. The highest BCUT2D eigenvalue weighted by Crippen LogP contribution is 2.23. The van der Waals surface area contributed by atoms with Crippen molar-refractivity contribution in [3.05, 3.63) is 90.5 Å². The molecule has 0 aliphatic rings. The van der Waals surface area contributed by atoms with Gasteiger partial charge in [0.05, 0.1) is 4.90 Å². The summed E-state index contributed by atoms with van der Waals surface area (Å²) in [6.07, 6.45) is 2.72. The van der Waals surface area contributed by atoms with E-state index < -0.39 is 15.3 Å². The minimum absolute atomic E-state index is 0.166. The van der Waals surface area contributed by atoms with Crippen molar-refractivity contribution in [2.75, 3.05) is 4.72 Å². The molecule has 0 saturated carbocycles. The number of carbonyl (C=O) groups is 1. The SMILES string of the molecule is O=C(Cl)C=Cc1cccc(NS(=O)(=O)c2ccc(-c3ccccc3)cc2)c1. The Morgan fingerprint density at radius 3 is 2.19 bits per heavy atom. The Labute approximate surface area is 163 Å². The van der Waals surface area contributed by atoms with E-state index in [0.29, 0.717) is 11.3 Å². The zero-order valence-electron chi connectivity index (χ0n) is 14.2. The van der Waals surface area contributed by atoms with E-state index in [1.807, 2.05) is 30.3 Å². The summed E-state index contributed by atoms with van der Waals surface area (Å²) in [4.78, 5) is 11.0. The quantitative estimate of drug-likeness (QED) is 0.473. The van der Waals surface area contributed by atoms with Crippen molar-refractivity contribution in [2.24, 2.45) is 0 Å². The molecule has 0 bridgehead atoms. The van der Waals surface area contributed by atoms with Crippen LogP contribution in [0.2, 0.25) is 0 Å². The lowest BCUT2D eigenvalue weighted by Gasteiger charge is -2.09. The lowest BCUT2D eigenvalue weighted by atomic mass is 10.1. The van der Waals surface area contributed by atoms with Gasteiger partial charge in [0.25, 0.3) is 10.0 Å². The number of allylic oxidation sites excluding steroid dienone is 1. The van der Waals surface area contributed by atoms with Gasteiger partial charge < -0.3 is 0 Å². The maximum absolute atomic E-state index is 12.6. The molecule has 3 rings (SSSR count). The van der Waals surface area contributed by atoms with Gasteiger partial charge in [0.2, 0.25) is 5.24 Å². The van der Waals surface area contributed by atoms with E-state index in [2.05, 4.69) is 4.72 Å². The molecule has 0 saturated heterocycles. The van der Waals surface area contributed by atoms with Gasteiger partial charge in [-0.05, 0) is 58.6 Å². The van der Waals surface area contributed by atoms with E-state index in [4.69, 9.17) is 11.6 Å². The molecule has 0 aliphatic heterocycles. The molecule has 0 atom stereocenters. The van der Waals surface area contributed by atoms with Crippen LogP contribution in [0.1, 0.15) is 5.56 Å². The highest BCUT2D eigenvalue weighted by atomic mass is 35.5. The van der Waals surface area contributed by atoms with E-state index >= 15 is 0 Å². The molecule has 0 amide bonds. The lowest BCUT2D eigenvalue weighted by Crippen LogP contribution is -2.12. The molecule has 136 valence electrons. The molecule has 0 heterocycles. The van der Waals surface area contributed by atoms with Crippen molar-refractivity contribution in [1.29, 1.82) is 0 Å². The van der Waals surface area contributed by atoms with E-state index in [0.717, 1.165) is 11.1 Å². The Bertz CT molecular complexity index is 1080. The summed E-state index contributed by atoms with van der Waals surface area (Å²) >= 11 is 5.27. The van der Waals surface area contributed by atoms with Gasteiger partial charge in [-0.25, -0.2) is 8.42 Å².